The van der Waals surface area contributed by atoms with E-state index in [0.29, 0.717) is 5.02 Å². The maximum atomic E-state index is 5.91. The first kappa shape index (κ1) is 9.67. The highest BCUT2D eigenvalue weighted by Crippen LogP contribution is 2.33. The number of fused-ring (bicyclic) bond motifs is 2. The molecule has 0 radical (unpaired) electrons. The Bertz CT molecular complexity index is 539. The standard InChI is InChI=1S/C13H10ClNO/c14-10-7-13-11(15-8-10)6-5-9-3-1-2-4-12(9)16-13/h1-4,7-8H,5-6H2. The normalized spacial score (nSPS) is 13.3. The van der Waals surface area contributed by atoms with Crippen molar-refractivity contribution in [3.05, 3.63) is 52.8 Å². The van der Waals surface area contributed by atoms with Gasteiger partial charge in [0.1, 0.15) is 11.5 Å². The zero-order valence-electron chi connectivity index (χ0n) is 8.61. The number of aryl methyl sites for hydroxylation is 2. The van der Waals surface area contributed by atoms with E-state index in [-0.39, 0.29) is 0 Å². The van der Waals surface area contributed by atoms with E-state index in [2.05, 4.69) is 11.1 Å². The third-order valence-corrected chi connectivity index (χ3v) is 2.93. The van der Waals surface area contributed by atoms with Gasteiger partial charge in [0.15, 0.2) is 0 Å². The van der Waals surface area contributed by atoms with E-state index >= 15 is 0 Å². The van der Waals surface area contributed by atoms with E-state index in [9.17, 15) is 0 Å². The van der Waals surface area contributed by atoms with Gasteiger partial charge in [0.2, 0.25) is 0 Å². The molecule has 0 bridgehead atoms. The van der Waals surface area contributed by atoms with Gasteiger partial charge in [-0.2, -0.15) is 0 Å². The minimum Gasteiger partial charge on any atom is -0.455 e. The Labute approximate surface area is 98.8 Å². The maximum absolute atomic E-state index is 5.91. The van der Waals surface area contributed by atoms with Crippen molar-refractivity contribution in [1.29, 1.82) is 0 Å². The number of benzene rings is 1. The summed E-state index contributed by atoms with van der Waals surface area (Å²) in [4.78, 5) is 4.30. The molecule has 0 aliphatic carbocycles. The predicted molar refractivity (Wildman–Crippen MR) is 63.2 cm³/mol. The van der Waals surface area contributed by atoms with Crippen LogP contribution in [0.3, 0.4) is 0 Å². The molecule has 0 fully saturated rings. The van der Waals surface area contributed by atoms with Crippen molar-refractivity contribution in [3.63, 3.8) is 0 Å². The lowest BCUT2D eigenvalue weighted by Gasteiger charge is -2.07. The number of nitrogens with zero attached hydrogens (tertiary/aromatic N) is 1. The predicted octanol–water partition coefficient (Wildman–Crippen LogP) is 3.63. The van der Waals surface area contributed by atoms with Gasteiger partial charge in [0, 0.05) is 12.3 Å². The molecular formula is C13H10ClNO. The number of hydrogen-bond donors (Lipinski definition) is 0. The highest BCUT2D eigenvalue weighted by molar-refractivity contribution is 6.30. The summed E-state index contributed by atoms with van der Waals surface area (Å²) in [5, 5.41) is 0.609. The van der Waals surface area contributed by atoms with Crippen LogP contribution in [0.15, 0.2) is 36.5 Å². The SMILES string of the molecule is Clc1cnc2c(c1)Oc1ccccc1CC2. The van der Waals surface area contributed by atoms with Gasteiger partial charge in [0.25, 0.3) is 0 Å². The monoisotopic (exact) mass is 231 g/mol. The summed E-state index contributed by atoms with van der Waals surface area (Å²) in [5.74, 6) is 1.68. The van der Waals surface area contributed by atoms with Crippen molar-refractivity contribution in [2.24, 2.45) is 0 Å². The number of rotatable bonds is 0. The van der Waals surface area contributed by atoms with E-state index in [1.807, 2.05) is 24.3 Å². The van der Waals surface area contributed by atoms with Crippen LogP contribution in [0, 0.1) is 0 Å². The molecule has 0 saturated carbocycles. The number of ether oxygens (including phenoxy) is 1. The van der Waals surface area contributed by atoms with Crippen LogP contribution < -0.4 is 4.74 Å². The molecule has 80 valence electrons. The summed E-state index contributed by atoms with van der Waals surface area (Å²) >= 11 is 5.91. The Hall–Kier alpha value is -1.54. The van der Waals surface area contributed by atoms with Crippen LogP contribution in [0.4, 0.5) is 0 Å². The van der Waals surface area contributed by atoms with Gasteiger partial charge in [-0.1, -0.05) is 29.8 Å². The van der Waals surface area contributed by atoms with E-state index in [1.54, 1.807) is 6.20 Å². The summed E-state index contributed by atoms with van der Waals surface area (Å²) in [7, 11) is 0. The Kier molecular flexibility index (Phi) is 2.29. The molecule has 0 saturated heterocycles. The molecule has 16 heavy (non-hydrogen) atoms. The van der Waals surface area contributed by atoms with Gasteiger partial charge in [-0.05, 0) is 24.5 Å². The summed E-state index contributed by atoms with van der Waals surface area (Å²) in [5.41, 5.74) is 2.19. The van der Waals surface area contributed by atoms with Crippen LogP contribution in [-0.2, 0) is 12.8 Å². The van der Waals surface area contributed by atoms with E-state index in [4.69, 9.17) is 16.3 Å². The van der Waals surface area contributed by atoms with Crippen molar-refractivity contribution < 1.29 is 4.74 Å². The van der Waals surface area contributed by atoms with Crippen LogP contribution in [0.1, 0.15) is 11.3 Å². The topological polar surface area (TPSA) is 22.1 Å². The van der Waals surface area contributed by atoms with E-state index in [1.165, 1.54) is 5.56 Å². The van der Waals surface area contributed by atoms with E-state index < -0.39 is 0 Å². The Balaban J connectivity index is 2.10. The molecule has 2 heterocycles. The van der Waals surface area contributed by atoms with Crippen molar-refractivity contribution >= 4 is 11.6 Å². The minimum atomic E-state index is 0.609. The Morgan fingerprint density at radius 2 is 2.00 bits per heavy atom. The molecule has 0 unspecified atom stereocenters. The first-order valence-corrected chi connectivity index (χ1v) is 5.61. The van der Waals surface area contributed by atoms with Crippen LogP contribution in [0.2, 0.25) is 5.02 Å². The van der Waals surface area contributed by atoms with Crippen molar-refractivity contribution in [2.75, 3.05) is 0 Å². The fourth-order valence-electron chi connectivity index (χ4n) is 1.91. The van der Waals surface area contributed by atoms with E-state index in [0.717, 1.165) is 30.0 Å². The molecular weight excluding hydrogens is 222 g/mol. The van der Waals surface area contributed by atoms with Gasteiger partial charge in [-0.25, -0.2) is 0 Å². The molecule has 1 aliphatic rings. The molecule has 0 spiro atoms. The number of pyridine rings is 1. The summed E-state index contributed by atoms with van der Waals surface area (Å²) in [6.07, 6.45) is 3.51. The molecule has 1 aromatic carbocycles. The lowest BCUT2D eigenvalue weighted by Crippen LogP contribution is -1.92. The minimum absolute atomic E-state index is 0.609. The number of halogens is 1. The second-order valence-corrected chi connectivity index (χ2v) is 4.24. The van der Waals surface area contributed by atoms with Crippen LogP contribution in [0.25, 0.3) is 0 Å². The van der Waals surface area contributed by atoms with Crippen molar-refractivity contribution in [3.8, 4) is 11.5 Å². The average Bonchev–Trinajstić information content (AvgIpc) is 2.47. The first-order chi connectivity index (χ1) is 7.83. The maximum Gasteiger partial charge on any atom is 0.150 e. The van der Waals surface area contributed by atoms with Crippen LogP contribution in [0.5, 0.6) is 11.5 Å². The molecule has 1 aliphatic heterocycles. The zero-order valence-corrected chi connectivity index (χ0v) is 9.37. The Morgan fingerprint density at radius 1 is 1.12 bits per heavy atom. The number of hydrogen-bond acceptors (Lipinski definition) is 2. The van der Waals surface area contributed by atoms with Gasteiger partial charge < -0.3 is 4.74 Å². The molecule has 0 amide bonds. The largest absolute Gasteiger partial charge is 0.455 e. The van der Waals surface area contributed by atoms with Crippen molar-refractivity contribution in [2.45, 2.75) is 12.8 Å². The highest BCUT2D eigenvalue weighted by atomic mass is 35.5. The van der Waals surface area contributed by atoms with Crippen molar-refractivity contribution in [1.82, 2.24) is 4.98 Å². The molecule has 2 aromatic rings. The molecule has 1 aromatic heterocycles. The van der Waals surface area contributed by atoms with Crippen LogP contribution in [-0.4, -0.2) is 4.98 Å². The van der Waals surface area contributed by atoms with Gasteiger partial charge in [-0.15, -0.1) is 0 Å². The van der Waals surface area contributed by atoms with Gasteiger partial charge in [-0.3, -0.25) is 4.98 Å². The highest BCUT2D eigenvalue weighted by Gasteiger charge is 2.15. The van der Waals surface area contributed by atoms with Crippen LogP contribution >= 0.6 is 11.6 Å². The number of aromatic nitrogens is 1. The Morgan fingerprint density at radius 3 is 2.94 bits per heavy atom. The summed E-state index contributed by atoms with van der Waals surface area (Å²) in [6, 6.07) is 9.89. The second kappa shape index (κ2) is 3.80. The smallest absolute Gasteiger partial charge is 0.150 e. The summed E-state index contributed by atoms with van der Waals surface area (Å²) < 4.78 is 5.84. The zero-order chi connectivity index (χ0) is 11.0. The number of para-hydroxylation sites is 1. The third-order valence-electron chi connectivity index (χ3n) is 2.72. The van der Waals surface area contributed by atoms with Gasteiger partial charge >= 0.3 is 0 Å². The molecule has 0 N–H and O–H groups in total. The molecule has 3 rings (SSSR count). The second-order valence-electron chi connectivity index (χ2n) is 3.81. The fourth-order valence-corrected chi connectivity index (χ4v) is 2.05. The lowest BCUT2D eigenvalue weighted by molar-refractivity contribution is 0.476. The quantitative estimate of drug-likeness (QED) is 0.691. The first-order valence-electron chi connectivity index (χ1n) is 5.23. The fraction of sp³-hybridized carbons (Fsp3) is 0.154. The lowest BCUT2D eigenvalue weighted by atomic mass is 10.1. The third kappa shape index (κ3) is 1.65. The summed E-state index contributed by atoms with van der Waals surface area (Å²) in [6.45, 7) is 0. The molecule has 3 heteroatoms. The molecule has 0 atom stereocenters. The average molecular weight is 232 g/mol. The van der Waals surface area contributed by atoms with Gasteiger partial charge in [0.05, 0.1) is 10.7 Å². The molecule has 2 nitrogen and oxygen atoms in total.